The zero-order valence-corrected chi connectivity index (χ0v) is 14.8. The summed E-state index contributed by atoms with van der Waals surface area (Å²) in [6, 6.07) is 3.64. The minimum atomic E-state index is -0.417. The second kappa shape index (κ2) is 7.21. The molecule has 1 atom stereocenters. The highest BCUT2D eigenvalue weighted by Crippen LogP contribution is 2.45. The fraction of sp³-hybridized carbons (Fsp3) is 0.647. The van der Waals surface area contributed by atoms with E-state index in [0.29, 0.717) is 19.6 Å². The number of hydrogen-bond donors (Lipinski definition) is 2. The maximum atomic E-state index is 12.6. The zero-order valence-electron chi connectivity index (χ0n) is 14.0. The predicted molar refractivity (Wildman–Crippen MR) is 92.5 cm³/mol. The van der Waals surface area contributed by atoms with Crippen LogP contribution in [0.3, 0.4) is 0 Å². The second-order valence-corrected chi connectivity index (χ2v) is 8.00. The van der Waals surface area contributed by atoms with E-state index in [0.717, 1.165) is 19.4 Å². The first kappa shape index (κ1) is 17.4. The summed E-state index contributed by atoms with van der Waals surface area (Å²) < 4.78 is 0. The van der Waals surface area contributed by atoms with E-state index in [1.54, 1.807) is 23.3 Å². The van der Waals surface area contributed by atoms with Crippen molar-refractivity contribution >= 4 is 23.2 Å². The number of nitrogens with zero attached hydrogens (tertiary/aromatic N) is 2. The highest BCUT2D eigenvalue weighted by atomic mass is 32.1. The summed E-state index contributed by atoms with van der Waals surface area (Å²) >= 11 is 1.67. The molecule has 2 aliphatic rings. The number of aliphatic hydroxyl groups is 1. The molecule has 2 heterocycles. The van der Waals surface area contributed by atoms with Crippen LogP contribution in [0.4, 0.5) is 0 Å². The molecule has 0 radical (unpaired) electrons. The van der Waals surface area contributed by atoms with Gasteiger partial charge in [-0.1, -0.05) is 6.07 Å². The second-order valence-electron chi connectivity index (χ2n) is 6.97. The molecule has 1 saturated heterocycles. The molecule has 6 nitrogen and oxygen atoms in total. The molecule has 2 amide bonds. The minimum absolute atomic E-state index is 0.0343. The number of rotatable bonds is 7. The van der Waals surface area contributed by atoms with Gasteiger partial charge in [-0.2, -0.15) is 0 Å². The van der Waals surface area contributed by atoms with Crippen molar-refractivity contribution in [3.63, 3.8) is 0 Å². The van der Waals surface area contributed by atoms with Crippen LogP contribution in [0.1, 0.15) is 24.1 Å². The van der Waals surface area contributed by atoms with Gasteiger partial charge >= 0.3 is 0 Å². The highest BCUT2D eigenvalue weighted by Gasteiger charge is 2.44. The number of nitrogens with one attached hydrogen (secondary N) is 1. The van der Waals surface area contributed by atoms with Gasteiger partial charge in [-0.3, -0.25) is 14.5 Å². The summed E-state index contributed by atoms with van der Waals surface area (Å²) in [6.07, 6.45) is 2.13. The molecule has 1 aliphatic heterocycles. The molecular formula is C17H25N3O3S. The zero-order chi connectivity index (χ0) is 17.2. The van der Waals surface area contributed by atoms with Crippen molar-refractivity contribution in [3.05, 3.63) is 22.4 Å². The number of piperazine rings is 1. The molecule has 0 spiro atoms. The van der Waals surface area contributed by atoms with E-state index in [1.165, 1.54) is 4.88 Å². The van der Waals surface area contributed by atoms with Crippen LogP contribution < -0.4 is 5.32 Å². The molecule has 0 aromatic carbocycles. The molecule has 0 bridgehead atoms. The van der Waals surface area contributed by atoms with Gasteiger partial charge in [-0.25, -0.2) is 0 Å². The Morgan fingerprint density at radius 3 is 2.96 bits per heavy atom. The molecule has 1 aromatic heterocycles. The van der Waals surface area contributed by atoms with Gasteiger partial charge in [0.05, 0.1) is 19.1 Å². The Morgan fingerprint density at radius 1 is 1.54 bits per heavy atom. The summed E-state index contributed by atoms with van der Waals surface area (Å²) in [5.41, 5.74) is -0.101. The number of amides is 2. The van der Waals surface area contributed by atoms with E-state index in [4.69, 9.17) is 0 Å². The lowest BCUT2D eigenvalue weighted by atomic mass is 10.1. The molecule has 3 rings (SSSR count). The normalized spacial score (nSPS) is 22.9. The van der Waals surface area contributed by atoms with E-state index < -0.39 is 6.04 Å². The van der Waals surface area contributed by atoms with Crippen LogP contribution in [0.15, 0.2) is 17.5 Å². The quantitative estimate of drug-likeness (QED) is 0.757. The van der Waals surface area contributed by atoms with Gasteiger partial charge in [-0.05, 0) is 24.3 Å². The van der Waals surface area contributed by atoms with Gasteiger partial charge in [0.15, 0.2) is 0 Å². The Hall–Kier alpha value is -1.44. The summed E-state index contributed by atoms with van der Waals surface area (Å²) in [6.45, 7) is 2.78. The molecule has 1 aliphatic carbocycles. The Morgan fingerprint density at radius 2 is 2.33 bits per heavy atom. The van der Waals surface area contributed by atoms with E-state index in [-0.39, 0.29) is 30.3 Å². The largest absolute Gasteiger partial charge is 0.396 e. The first-order chi connectivity index (χ1) is 11.5. The first-order valence-corrected chi connectivity index (χ1v) is 9.30. The predicted octanol–water partition coefficient (Wildman–Crippen LogP) is 0.669. The van der Waals surface area contributed by atoms with Crippen LogP contribution in [0.5, 0.6) is 0 Å². The SMILES string of the molecule is CN(CC1(CO)CC1)C(=O)C[C@H]1C(=O)NCCN1Cc1cccs1. The van der Waals surface area contributed by atoms with Crippen LogP contribution in [0, 0.1) is 5.41 Å². The number of carbonyl (C=O) groups is 2. The Balaban J connectivity index is 1.61. The Labute approximate surface area is 146 Å². The fourth-order valence-corrected chi connectivity index (χ4v) is 3.96. The van der Waals surface area contributed by atoms with Gasteiger partial charge in [0.1, 0.15) is 0 Å². The Bertz CT molecular complexity index is 586. The van der Waals surface area contributed by atoms with Crippen molar-refractivity contribution in [2.24, 2.45) is 5.41 Å². The summed E-state index contributed by atoms with van der Waals surface area (Å²) in [7, 11) is 1.77. The van der Waals surface area contributed by atoms with Crippen LogP contribution in [0.25, 0.3) is 0 Å². The topological polar surface area (TPSA) is 72.9 Å². The van der Waals surface area contributed by atoms with E-state index in [2.05, 4.69) is 16.3 Å². The number of thiophene rings is 1. The van der Waals surface area contributed by atoms with Gasteiger partial charge in [0.2, 0.25) is 11.8 Å². The maximum absolute atomic E-state index is 12.6. The molecule has 7 heteroatoms. The molecule has 0 unspecified atom stereocenters. The molecule has 1 aromatic rings. The van der Waals surface area contributed by atoms with E-state index in [9.17, 15) is 14.7 Å². The third-order valence-electron chi connectivity index (χ3n) is 5.04. The first-order valence-electron chi connectivity index (χ1n) is 8.42. The lowest BCUT2D eigenvalue weighted by Gasteiger charge is -2.35. The molecule has 2 N–H and O–H groups in total. The van der Waals surface area contributed by atoms with Crippen molar-refractivity contribution in [3.8, 4) is 0 Å². The van der Waals surface area contributed by atoms with Gasteiger partial charge < -0.3 is 15.3 Å². The number of aliphatic hydroxyl groups excluding tert-OH is 1. The van der Waals surface area contributed by atoms with Crippen LogP contribution in [-0.2, 0) is 16.1 Å². The third kappa shape index (κ3) is 3.96. The maximum Gasteiger partial charge on any atom is 0.237 e. The van der Waals surface area contributed by atoms with Crippen molar-refractivity contribution in [2.75, 3.05) is 33.3 Å². The van der Waals surface area contributed by atoms with Gasteiger partial charge in [0.25, 0.3) is 0 Å². The molecule has 2 fully saturated rings. The number of hydrogen-bond acceptors (Lipinski definition) is 5. The summed E-state index contributed by atoms with van der Waals surface area (Å²) in [4.78, 5) is 29.8. The van der Waals surface area contributed by atoms with E-state index >= 15 is 0 Å². The molecule has 24 heavy (non-hydrogen) atoms. The third-order valence-corrected chi connectivity index (χ3v) is 5.90. The van der Waals surface area contributed by atoms with Crippen molar-refractivity contribution in [1.82, 2.24) is 15.1 Å². The summed E-state index contributed by atoms with van der Waals surface area (Å²) in [5, 5.41) is 14.3. The Kier molecular flexibility index (Phi) is 5.22. The monoisotopic (exact) mass is 351 g/mol. The smallest absolute Gasteiger partial charge is 0.237 e. The average Bonchev–Trinajstić information content (AvgIpc) is 3.15. The van der Waals surface area contributed by atoms with Crippen molar-refractivity contribution < 1.29 is 14.7 Å². The van der Waals surface area contributed by atoms with Gasteiger partial charge in [0, 0.05) is 43.5 Å². The minimum Gasteiger partial charge on any atom is -0.396 e. The lowest BCUT2D eigenvalue weighted by molar-refractivity contribution is -0.138. The molecule has 1 saturated carbocycles. The standard InChI is InChI=1S/C17H25N3O3S/c1-19(11-17(12-21)4-5-17)15(22)9-14-16(23)18-6-7-20(14)10-13-3-2-8-24-13/h2-3,8,14,21H,4-7,9-12H2,1H3,(H,18,23)/t14-/m0/s1. The molecule has 132 valence electrons. The molecular weight excluding hydrogens is 326 g/mol. The van der Waals surface area contributed by atoms with Gasteiger partial charge in [-0.15, -0.1) is 11.3 Å². The van der Waals surface area contributed by atoms with Crippen molar-refractivity contribution in [1.29, 1.82) is 0 Å². The summed E-state index contributed by atoms with van der Waals surface area (Å²) in [5.74, 6) is -0.101. The van der Waals surface area contributed by atoms with Crippen LogP contribution in [0.2, 0.25) is 0 Å². The van der Waals surface area contributed by atoms with Crippen LogP contribution in [-0.4, -0.2) is 66.1 Å². The fourth-order valence-electron chi connectivity index (χ4n) is 3.23. The average molecular weight is 351 g/mol. The lowest BCUT2D eigenvalue weighted by Crippen LogP contribution is -2.56. The van der Waals surface area contributed by atoms with E-state index in [1.807, 2.05) is 11.4 Å². The van der Waals surface area contributed by atoms with Crippen molar-refractivity contribution in [2.45, 2.75) is 31.8 Å². The highest BCUT2D eigenvalue weighted by molar-refractivity contribution is 7.09. The van der Waals surface area contributed by atoms with Crippen LogP contribution >= 0.6 is 11.3 Å². The number of carbonyl (C=O) groups excluding carboxylic acids is 2.